The number of sulfonamides is 1. The first-order chi connectivity index (χ1) is 11.5. The van der Waals surface area contributed by atoms with Crippen molar-refractivity contribution in [2.45, 2.75) is 10.9 Å². The third-order valence-corrected chi connectivity index (χ3v) is 5.59. The van der Waals surface area contributed by atoms with E-state index in [1.165, 1.54) is 24.6 Å². The number of hydrogen-bond donors (Lipinski definition) is 1. The lowest BCUT2D eigenvalue weighted by Gasteiger charge is -2.38. The van der Waals surface area contributed by atoms with Gasteiger partial charge in [-0.3, -0.25) is 0 Å². The Bertz CT molecular complexity index is 807. The van der Waals surface area contributed by atoms with Crippen LogP contribution in [0, 0.1) is 0 Å². The van der Waals surface area contributed by atoms with Gasteiger partial charge < -0.3 is 14.8 Å². The molecule has 1 fully saturated rings. The van der Waals surface area contributed by atoms with E-state index in [0.717, 1.165) is 0 Å². The highest BCUT2D eigenvalue weighted by Crippen LogP contribution is 2.32. The lowest BCUT2D eigenvalue weighted by Crippen LogP contribution is -2.57. The predicted molar refractivity (Wildman–Crippen MR) is 87.7 cm³/mol. The van der Waals surface area contributed by atoms with Crippen LogP contribution in [0.1, 0.15) is 0 Å². The van der Waals surface area contributed by atoms with E-state index in [9.17, 15) is 8.42 Å². The van der Waals surface area contributed by atoms with Crippen molar-refractivity contribution in [3.05, 3.63) is 36.7 Å². The average molecular weight is 350 g/mol. The van der Waals surface area contributed by atoms with Gasteiger partial charge >= 0.3 is 0 Å². The van der Waals surface area contributed by atoms with Crippen LogP contribution < -0.4 is 14.8 Å². The number of methoxy groups -OCH3 is 2. The van der Waals surface area contributed by atoms with Crippen LogP contribution in [0.25, 0.3) is 0 Å². The fourth-order valence-corrected chi connectivity index (χ4v) is 4.11. The zero-order chi connectivity index (χ0) is 17.2. The maximum Gasteiger partial charge on any atom is 0.247 e. The topological polar surface area (TPSA) is 93.7 Å². The normalized spacial score (nSPS) is 15.6. The molecule has 24 heavy (non-hydrogen) atoms. The van der Waals surface area contributed by atoms with Crippen molar-refractivity contribution in [2.24, 2.45) is 0 Å². The molecule has 1 saturated heterocycles. The number of hydrogen-bond acceptors (Lipinski definition) is 7. The maximum absolute atomic E-state index is 12.8. The maximum atomic E-state index is 12.8. The molecule has 2 heterocycles. The molecular weight excluding hydrogens is 332 g/mol. The second-order valence-electron chi connectivity index (χ2n) is 5.25. The molecule has 0 amide bonds. The molecule has 0 saturated carbocycles. The van der Waals surface area contributed by atoms with E-state index in [1.807, 2.05) is 0 Å². The molecule has 1 aromatic carbocycles. The van der Waals surface area contributed by atoms with Crippen LogP contribution in [0.15, 0.2) is 41.6 Å². The minimum atomic E-state index is -3.66. The molecule has 0 aliphatic carbocycles. The summed E-state index contributed by atoms with van der Waals surface area (Å²) in [6, 6.07) is 6.40. The molecular formula is C15H18N4O4S. The predicted octanol–water partition coefficient (Wildman–Crippen LogP) is 0.979. The van der Waals surface area contributed by atoms with E-state index in [1.54, 1.807) is 30.6 Å². The van der Waals surface area contributed by atoms with Gasteiger partial charge in [0.2, 0.25) is 16.0 Å². The van der Waals surface area contributed by atoms with E-state index < -0.39 is 10.0 Å². The van der Waals surface area contributed by atoms with Crippen molar-refractivity contribution in [2.75, 3.05) is 32.6 Å². The van der Waals surface area contributed by atoms with Gasteiger partial charge in [0.05, 0.1) is 20.3 Å². The first-order valence-electron chi connectivity index (χ1n) is 7.30. The summed E-state index contributed by atoms with van der Waals surface area (Å²) in [6.45, 7) is 0.669. The molecule has 1 N–H and O–H groups in total. The molecule has 2 aromatic rings. The number of nitrogens with one attached hydrogen (secondary N) is 1. The third-order valence-electron chi connectivity index (χ3n) is 3.74. The highest BCUT2D eigenvalue weighted by molar-refractivity contribution is 7.89. The van der Waals surface area contributed by atoms with Gasteiger partial charge in [0.25, 0.3) is 0 Å². The fourth-order valence-electron chi connectivity index (χ4n) is 2.41. The van der Waals surface area contributed by atoms with Crippen molar-refractivity contribution in [3.8, 4) is 11.5 Å². The molecule has 0 atom stereocenters. The molecule has 0 radical (unpaired) electrons. The van der Waals surface area contributed by atoms with Gasteiger partial charge in [0, 0.05) is 31.5 Å². The van der Waals surface area contributed by atoms with E-state index in [4.69, 9.17) is 9.47 Å². The molecule has 128 valence electrons. The smallest absolute Gasteiger partial charge is 0.247 e. The molecule has 0 unspecified atom stereocenters. The summed E-state index contributed by atoms with van der Waals surface area (Å²) in [5.41, 5.74) is 0. The monoisotopic (exact) mass is 350 g/mol. The van der Waals surface area contributed by atoms with Gasteiger partial charge in [-0.05, 0) is 18.2 Å². The lowest BCUT2D eigenvalue weighted by atomic mass is 10.2. The number of nitrogens with zero attached hydrogens (tertiary/aromatic N) is 3. The summed E-state index contributed by atoms with van der Waals surface area (Å²) < 4.78 is 37.3. The molecule has 9 heteroatoms. The number of ether oxygens (including phenoxy) is 2. The standard InChI is InChI=1S/C15H18N4O4S/c1-22-12-4-5-13(23-2)14(8-12)24(20,21)19-9-11(10-19)18-15-16-6-3-7-17-15/h3-8,11H,9-10H2,1-2H3,(H,16,17,18). The van der Waals surface area contributed by atoms with E-state index >= 15 is 0 Å². The van der Waals surface area contributed by atoms with Gasteiger partial charge in [-0.2, -0.15) is 4.31 Å². The SMILES string of the molecule is COc1ccc(OC)c(S(=O)(=O)N2CC(Nc3ncccn3)C2)c1. The molecule has 1 aliphatic heterocycles. The van der Waals surface area contributed by atoms with Crippen LogP contribution in [0.2, 0.25) is 0 Å². The second-order valence-corrected chi connectivity index (χ2v) is 7.16. The average Bonchev–Trinajstić information content (AvgIpc) is 2.57. The van der Waals surface area contributed by atoms with E-state index in [-0.39, 0.29) is 10.9 Å². The van der Waals surface area contributed by atoms with Crippen LogP contribution in [0.4, 0.5) is 5.95 Å². The van der Waals surface area contributed by atoms with E-state index in [0.29, 0.717) is 30.5 Å². The zero-order valence-corrected chi connectivity index (χ0v) is 14.2. The Balaban J connectivity index is 1.74. The number of anilines is 1. The first kappa shape index (κ1) is 16.5. The summed E-state index contributed by atoms with van der Waals surface area (Å²) in [4.78, 5) is 8.23. The van der Waals surface area contributed by atoms with E-state index in [2.05, 4.69) is 15.3 Å². The quantitative estimate of drug-likeness (QED) is 0.830. The minimum Gasteiger partial charge on any atom is -0.497 e. The second kappa shape index (κ2) is 6.62. The lowest BCUT2D eigenvalue weighted by molar-refractivity contribution is 0.278. The Hall–Kier alpha value is -2.39. The fraction of sp³-hybridized carbons (Fsp3) is 0.333. The molecule has 1 aliphatic rings. The Labute approximate surface area is 140 Å². The largest absolute Gasteiger partial charge is 0.497 e. The number of rotatable bonds is 6. The summed E-state index contributed by atoms with van der Waals surface area (Å²) >= 11 is 0. The Morgan fingerprint density at radius 2 is 1.88 bits per heavy atom. The van der Waals surface area contributed by atoms with Crippen molar-refractivity contribution in [3.63, 3.8) is 0 Å². The van der Waals surface area contributed by atoms with Gasteiger partial charge in [-0.15, -0.1) is 0 Å². The summed E-state index contributed by atoms with van der Waals surface area (Å²) in [6.07, 6.45) is 3.26. The van der Waals surface area contributed by atoms with Crippen molar-refractivity contribution in [1.82, 2.24) is 14.3 Å². The molecule has 0 bridgehead atoms. The molecule has 8 nitrogen and oxygen atoms in total. The van der Waals surface area contributed by atoms with Gasteiger partial charge in [-0.25, -0.2) is 18.4 Å². The highest BCUT2D eigenvalue weighted by atomic mass is 32.2. The summed E-state index contributed by atoms with van der Waals surface area (Å²) in [7, 11) is -0.729. The van der Waals surface area contributed by atoms with Crippen LogP contribution in [0.3, 0.4) is 0 Å². The van der Waals surface area contributed by atoms with Crippen LogP contribution >= 0.6 is 0 Å². The number of aromatic nitrogens is 2. The van der Waals surface area contributed by atoms with Crippen LogP contribution in [-0.4, -0.2) is 56.0 Å². The summed E-state index contributed by atoms with van der Waals surface area (Å²) in [5, 5.41) is 3.10. The van der Waals surface area contributed by atoms with Gasteiger partial charge in [-0.1, -0.05) is 0 Å². The molecule has 3 rings (SSSR count). The summed E-state index contributed by atoms with van der Waals surface area (Å²) in [5.74, 6) is 1.24. The first-order valence-corrected chi connectivity index (χ1v) is 8.74. The minimum absolute atomic E-state index is 0.0289. The Morgan fingerprint density at radius 3 is 2.50 bits per heavy atom. The Kier molecular flexibility index (Phi) is 4.54. The van der Waals surface area contributed by atoms with Crippen molar-refractivity contribution in [1.29, 1.82) is 0 Å². The van der Waals surface area contributed by atoms with Crippen LogP contribution in [0.5, 0.6) is 11.5 Å². The van der Waals surface area contributed by atoms with Crippen LogP contribution in [-0.2, 0) is 10.0 Å². The number of benzene rings is 1. The van der Waals surface area contributed by atoms with Crippen molar-refractivity contribution < 1.29 is 17.9 Å². The van der Waals surface area contributed by atoms with Gasteiger partial charge in [0.1, 0.15) is 16.4 Å². The highest BCUT2D eigenvalue weighted by Gasteiger charge is 2.38. The molecule has 1 aromatic heterocycles. The van der Waals surface area contributed by atoms with Crippen molar-refractivity contribution >= 4 is 16.0 Å². The van der Waals surface area contributed by atoms with Gasteiger partial charge in [0.15, 0.2) is 0 Å². The Morgan fingerprint density at radius 1 is 1.17 bits per heavy atom. The zero-order valence-electron chi connectivity index (χ0n) is 13.3. The molecule has 0 spiro atoms. The third kappa shape index (κ3) is 3.13.